The van der Waals surface area contributed by atoms with Gasteiger partial charge in [-0.05, 0) is 81.2 Å². The number of methoxy groups -OCH3 is 2. The van der Waals surface area contributed by atoms with Gasteiger partial charge in [-0.3, -0.25) is 14.5 Å². The number of benzene rings is 4. The second kappa shape index (κ2) is 13.2. The molecule has 0 bridgehead atoms. The summed E-state index contributed by atoms with van der Waals surface area (Å²) in [4.78, 5) is 30.4. The molecule has 45 heavy (non-hydrogen) atoms. The first kappa shape index (κ1) is 31.8. The summed E-state index contributed by atoms with van der Waals surface area (Å²) in [5.74, 6) is 0.317. The molecule has 1 unspecified atom stereocenters. The van der Waals surface area contributed by atoms with Crippen molar-refractivity contribution in [2.45, 2.75) is 51.5 Å². The van der Waals surface area contributed by atoms with E-state index in [1.807, 2.05) is 76.2 Å². The molecule has 232 valence electrons. The lowest BCUT2D eigenvalue weighted by molar-refractivity contribution is -0.122. The SMILES string of the molecule is COc1ccc(N(C(=O)c2ccccc2)C(C(=O)NCc2ccccc2)c2cc(B3OC(C)(C)C(C)(C)O3)ccc2OC)cc1. The molecule has 0 spiro atoms. The van der Waals surface area contributed by atoms with Crippen LogP contribution in [-0.2, 0) is 20.6 Å². The van der Waals surface area contributed by atoms with Gasteiger partial charge in [0.1, 0.15) is 17.5 Å². The fraction of sp³-hybridized carbons (Fsp3) is 0.278. The molecule has 0 saturated carbocycles. The molecule has 0 aromatic heterocycles. The van der Waals surface area contributed by atoms with Gasteiger partial charge in [-0.25, -0.2) is 0 Å². The molecule has 1 aliphatic heterocycles. The van der Waals surface area contributed by atoms with Gasteiger partial charge in [-0.1, -0.05) is 60.7 Å². The highest BCUT2D eigenvalue weighted by molar-refractivity contribution is 6.62. The predicted octanol–water partition coefficient (Wildman–Crippen LogP) is 5.71. The standard InChI is InChI=1S/C36H39BN2O6/c1-35(2)36(3,4)45-37(44-35)27-17-22-31(43-6)30(23-27)32(33(40)38-24-25-13-9-7-10-14-25)39(28-18-20-29(42-5)21-19-28)34(41)26-15-11-8-12-16-26/h7-23,32H,24H2,1-6H3,(H,38,40). The van der Waals surface area contributed by atoms with E-state index >= 15 is 0 Å². The maximum atomic E-state index is 14.4. The van der Waals surface area contributed by atoms with Crippen molar-refractivity contribution in [1.29, 1.82) is 0 Å². The van der Waals surface area contributed by atoms with Gasteiger partial charge >= 0.3 is 7.12 Å². The van der Waals surface area contributed by atoms with E-state index in [9.17, 15) is 9.59 Å². The first-order valence-corrected chi connectivity index (χ1v) is 14.9. The van der Waals surface area contributed by atoms with Gasteiger partial charge in [0, 0.05) is 23.4 Å². The molecule has 1 N–H and O–H groups in total. The van der Waals surface area contributed by atoms with Crippen molar-refractivity contribution in [2.24, 2.45) is 0 Å². The number of ether oxygens (including phenoxy) is 2. The van der Waals surface area contributed by atoms with Crippen LogP contribution in [0, 0.1) is 0 Å². The van der Waals surface area contributed by atoms with E-state index in [4.69, 9.17) is 18.8 Å². The number of anilines is 1. The average molecular weight is 607 g/mol. The summed E-state index contributed by atoms with van der Waals surface area (Å²) in [6.45, 7) is 8.22. The number of rotatable bonds is 10. The van der Waals surface area contributed by atoms with Crippen molar-refractivity contribution in [2.75, 3.05) is 19.1 Å². The molecule has 1 saturated heterocycles. The van der Waals surface area contributed by atoms with Crippen LogP contribution in [0.3, 0.4) is 0 Å². The normalized spacial score (nSPS) is 15.6. The lowest BCUT2D eigenvalue weighted by atomic mass is 9.77. The summed E-state index contributed by atoms with van der Waals surface area (Å²) in [6.07, 6.45) is 0. The van der Waals surface area contributed by atoms with Crippen LogP contribution in [0.2, 0.25) is 0 Å². The Morgan fingerprint density at radius 2 is 1.40 bits per heavy atom. The molecule has 4 aromatic rings. The quantitative estimate of drug-likeness (QED) is 0.233. The minimum absolute atomic E-state index is 0.269. The molecule has 8 nitrogen and oxygen atoms in total. The maximum Gasteiger partial charge on any atom is 0.494 e. The van der Waals surface area contributed by atoms with Crippen molar-refractivity contribution < 1.29 is 28.4 Å². The molecule has 1 fully saturated rings. The van der Waals surface area contributed by atoms with Crippen molar-refractivity contribution in [3.8, 4) is 11.5 Å². The van der Waals surface area contributed by atoms with Gasteiger partial charge in [0.15, 0.2) is 0 Å². The number of amides is 2. The summed E-state index contributed by atoms with van der Waals surface area (Å²) in [6, 6.07) is 29.9. The summed E-state index contributed by atoms with van der Waals surface area (Å²) >= 11 is 0. The first-order valence-electron chi connectivity index (χ1n) is 14.9. The van der Waals surface area contributed by atoms with Gasteiger partial charge in [0.2, 0.25) is 5.91 Å². The Labute approximate surface area is 265 Å². The fourth-order valence-electron chi connectivity index (χ4n) is 5.22. The minimum atomic E-state index is -1.13. The van der Waals surface area contributed by atoms with E-state index < -0.39 is 24.4 Å². The fourth-order valence-corrected chi connectivity index (χ4v) is 5.22. The van der Waals surface area contributed by atoms with E-state index in [1.54, 1.807) is 68.8 Å². The number of carbonyl (C=O) groups is 2. The molecule has 2 amide bonds. The van der Waals surface area contributed by atoms with E-state index in [0.717, 1.165) is 5.56 Å². The summed E-state index contributed by atoms with van der Waals surface area (Å²) in [5, 5.41) is 3.07. The van der Waals surface area contributed by atoms with Crippen molar-refractivity contribution in [1.82, 2.24) is 5.32 Å². The van der Waals surface area contributed by atoms with Crippen LogP contribution in [-0.4, -0.2) is 44.4 Å². The van der Waals surface area contributed by atoms with Crippen LogP contribution in [0.1, 0.15) is 55.2 Å². The predicted molar refractivity (Wildman–Crippen MR) is 176 cm³/mol. The van der Waals surface area contributed by atoms with Crippen LogP contribution in [0.4, 0.5) is 5.69 Å². The Morgan fingerprint density at radius 1 is 0.800 bits per heavy atom. The number of nitrogens with one attached hydrogen (secondary N) is 1. The Kier molecular flexibility index (Phi) is 9.32. The Morgan fingerprint density at radius 3 is 1.98 bits per heavy atom. The number of carbonyl (C=O) groups excluding carboxylic acids is 2. The van der Waals surface area contributed by atoms with Crippen molar-refractivity contribution in [3.05, 3.63) is 120 Å². The highest BCUT2D eigenvalue weighted by Crippen LogP contribution is 2.38. The number of nitrogens with zero attached hydrogens (tertiary/aromatic N) is 1. The van der Waals surface area contributed by atoms with Gasteiger partial charge in [0.05, 0.1) is 25.4 Å². The first-order chi connectivity index (χ1) is 21.5. The van der Waals surface area contributed by atoms with Crippen LogP contribution in [0.25, 0.3) is 0 Å². The molecular formula is C36H39BN2O6. The molecule has 9 heteroatoms. The monoisotopic (exact) mass is 606 g/mol. The zero-order valence-electron chi connectivity index (χ0n) is 26.6. The molecular weight excluding hydrogens is 567 g/mol. The van der Waals surface area contributed by atoms with Crippen LogP contribution in [0.15, 0.2) is 103 Å². The zero-order valence-corrected chi connectivity index (χ0v) is 26.6. The van der Waals surface area contributed by atoms with E-state index in [-0.39, 0.29) is 18.4 Å². The summed E-state index contributed by atoms with van der Waals surface area (Å²) < 4.78 is 23.9. The van der Waals surface area contributed by atoms with Crippen molar-refractivity contribution in [3.63, 3.8) is 0 Å². The topological polar surface area (TPSA) is 86.3 Å². The Bertz CT molecular complexity index is 1610. The van der Waals surface area contributed by atoms with Crippen LogP contribution in [0.5, 0.6) is 11.5 Å². The highest BCUT2D eigenvalue weighted by atomic mass is 16.7. The highest BCUT2D eigenvalue weighted by Gasteiger charge is 2.52. The number of hydrogen-bond donors (Lipinski definition) is 1. The van der Waals surface area contributed by atoms with Gasteiger partial charge in [-0.2, -0.15) is 0 Å². The van der Waals surface area contributed by atoms with Crippen LogP contribution >= 0.6 is 0 Å². The third kappa shape index (κ3) is 6.75. The summed E-state index contributed by atoms with van der Waals surface area (Å²) in [5.41, 5.74) is 1.91. The zero-order chi connectivity index (χ0) is 32.2. The summed E-state index contributed by atoms with van der Waals surface area (Å²) in [7, 11) is 2.43. The van der Waals surface area contributed by atoms with Crippen LogP contribution < -0.4 is 25.2 Å². The van der Waals surface area contributed by atoms with E-state index in [0.29, 0.717) is 33.8 Å². The number of hydrogen-bond acceptors (Lipinski definition) is 6. The average Bonchev–Trinajstić information content (AvgIpc) is 3.28. The van der Waals surface area contributed by atoms with E-state index in [2.05, 4.69) is 5.32 Å². The molecule has 0 radical (unpaired) electrons. The van der Waals surface area contributed by atoms with Gasteiger partial charge in [-0.15, -0.1) is 0 Å². The van der Waals surface area contributed by atoms with Gasteiger partial charge < -0.3 is 24.1 Å². The van der Waals surface area contributed by atoms with E-state index in [1.165, 1.54) is 4.90 Å². The molecule has 5 rings (SSSR count). The van der Waals surface area contributed by atoms with Gasteiger partial charge in [0.25, 0.3) is 5.91 Å². The lowest BCUT2D eigenvalue weighted by Gasteiger charge is -2.33. The smallest absolute Gasteiger partial charge is 0.494 e. The minimum Gasteiger partial charge on any atom is -0.497 e. The maximum absolute atomic E-state index is 14.4. The molecule has 1 aliphatic rings. The second-order valence-electron chi connectivity index (χ2n) is 11.9. The lowest BCUT2D eigenvalue weighted by Crippen LogP contribution is -2.45. The molecule has 1 atom stereocenters. The molecule has 1 heterocycles. The Balaban J connectivity index is 1.66. The molecule has 0 aliphatic carbocycles. The third-order valence-electron chi connectivity index (χ3n) is 8.48. The largest absolute Gasteiger partial charge is 0.497 e. The third-order valence-corrected chi connectivity index (χ3v) is 8.48. The van der Waals surface area contributed by atoms with Crippen molar-refractivity contribution >= 4 is 30.1 Å². The molecule has 4 aromatic carbocycles. The second-order valence-corrected chi connectivity index (χ2v) is 11.9. The Hall–Kier alpha value is -4.60.